The zero-order valence-corrected chi connectivity index (χ0v) is 25.1. The van der Waals surface area contributed by atoms with Gasteiger partial charge in [-0.25, -0.2) is 0 Å². The van der Waals surface area contributed by atoms with Crippen molar-refractivity contribution in [2.45, 2.75) is 73.0 Å². The number of nitrogens with one attached hydrogen (secondary N) is 2. The van der Waals surface area contributed by atoms with Crippen LogP contribution in [0.4, 0.5) is 0 Å². The number of likely N-dealkylation sites (N-methyl/N-ethyl adjacent to an activating group) is 1. The van der Waals surface area contributed by atoms with Gasteiger partial charge in [-0.15, -0.1) is 0 Å². The minimum Gasteiger partial charge on any atom is -0.460 e. The van der Waals surface area contributed by atoms with Crippen LogP contribution in [0, 0.1) is 6.92 Å². The maximum atomic E-state index is 10.8. The van der Waals surface area contributed by atoms with Gasteiger partial charge >= 0.3 is 5.97 Å². The van der Waals surface area contributed by atoms with Crippen molar-refractivity contribution in [3.8, 4) is 0 Å². The second-order valence-electron chi connectivity index (χ2n) is 8.86. The lowest BCUT2D eigenvalue weighted by atomic mass is 10.2. The van der Waals surface area contributed by atoms with E-state index in [0.717, 1.165) is 0 Å². The molecule has 1 aromatic rings. The molecule has 0 aliphatic rings. The van der Waals surface area contributed by atoms with E-state index in [1.54, 1.807) is 27.1 Å². The zero-order valence-electron chi connectivity index (χ0n) is 25.1. The van der Waals surface area contributed by atoms with Crippen molar-refractivity contribution in [1.82, 2.24) is 20.5 Å². The Kier molecular flexibility index (Phi) is 30.0. The normalized spacial score (nSPS) is 9.82. The van der Waals surface area contributed by atoms with E-state index in [1.165, 1.54) is 10.5 Å². The molecule has 0 aliphatic carbocycles. The first kappa shape index (κ1) is 43.0. The number of aryl methyl sites for hydroxylation is 1. The standard InChI is InChI=1S/C7H14O2.C6H13N3O2.C6H12N2O2.C6H7N.CH3NO/c1-5-6(8)9-7(2,3)4;1-4(2-5(8)10)9-6(11)3-7;1-3-8(2)6(10)4-7-5-9;1-6-3-2-4-7-5-6;2-1-3/h5H2,1-4H3;4H,2-3,7H2,1H3,(H2,8,10)(H,9,11);5H,3-4H2,1-2H3,(H,7,9);2-5H,1H3;1H,(H2,2,3). The summed E-state index contributed by atoms with van der Waals surface area (Å²) in [6.45, 7) is 13.6. The third-order valence-electron chi connectivity index (χ3n) is 3.85. The molecule has 1 aromatic heterocycles. The number of esters is 1. The van der Waals surface area contributed by atoms with Crippen LogP contribution in [0.2, 0.25) is 0 Å². The second-order valence-corrected chi connectivity index (χ2v) is 8.86. The van der Waals surface area contributed by atoms with Gasteiger partial charge in [0.2, 0.25) is 30.5 Å². The lowest BCUT2D eigenvalue weighted by Crippen LogP contribution is -2.39. The highest BCUT2D eigenvalue weighted by Crippen LogP contribution is 2.07. The molecule has 0 saturated carbocycles. The Morgan fingerprint density at radius 2 is 1.73 bits per heavy atom. The Labute approximate surface area is 237 Å². The molecule has 0 radical (unpaired) electrons. The van der Waals surface area contributed by atoms with Crippen LogP contribution in [0.5, 0.6) is 0 Å². The highest BCUT2D eigenvalue weighted by atomic mass is 16.6. The topological polar surface area (TPSA) is 230 Å². The molecule has 1 rings (SSSR count). The second kappa shape index (κ2) is 28.0. The summed E-state index contributed by atoms with van der Waals surface area (Å²) in [5.74, 6) is -0.925. The molecule has 1 unspecified atom stereocenters. The maximum Gasteiger partial charge on any atom is 0.306 e. The van der Waals surface area contributed by atoms with Gasteiger partial charge in [-0.05, 0) is 53.2 Å². The number of carbonyl (C=O) groups is 6. The van der Waals surface area contributed by atoms with Crippen molar-refractivity contribution in [3.63, 3.8) is 0 Å². The zero-order chi connectivity index (χ0) is 32.1. The van der Waals surface area contributed by atoms with Crippen molar-refractivity contribution in [3.05, 3.63) is 30.1 Å². The van der Waals surface area contributed by atoms with Crippen molar-refractivity contribution in [2.24, 2.45) is 17.2 Å². The van der Waals surface area contributed by atoms with E-state index in [9.17, 15) is 24.0 Å². The molecule has 40 heavy (non-hydrogen) atoms. The van der Waals surface area contributed by atoms with Crippen molar-refractivity contribution in [1.29, 1.82) is 0 Å². The Morgan fingerprint density at radius 1 is 1.18 bits per heavy atom. The number of pyridine rings is 1. The fourth-order valence-corrected chi connectivity index (χ4v) is 1.99. The number of hydrogen-bond acceptors (Lipinski definition) is 9. The number of carbonyl (C=O) groups excluding carboxylic acids is 6. The predicted octanol–water partition coefficient (Wildman–Crippen LogP) is -0.234. The highest BCUT2D eigenvalue weighted by molar-refractivity contribution is 5.80. The maximum absolute atomic E-state index is 10.8. The number of hydrogen-bond donors (Lipinski definition) is 5. The Hall–Kier alpha value is -4.07. The summed E-state index contributed by atoms with van der Waals surface area (Å²) < 4.78 is 4.95. The Bertz CT molecular complexity index is 832. The Morgan fingerprint density at radius 3 is 2.00 bits per heavy atom. The first-order chi connectivity index (χ1) is 18.5. The number of nitrogens with zero attached hydrogens (tertiary/aromatic N) is 2. The molecule has 14 heteroatoms. The fourth-order valence-electron chi connectivity index (χ4n) is 1.99. The van der Waals surface area contributed by atoms with Crippen LogP contribution in [0.25, 0.3) is 0 Å². The molecule has 0 bridgehead atoms. The summed E-state index contributed by atoms with van der Waals surface area (Å²) in [5, 5.41) is 4.79. The summed E-state index contributed by atoms with van der Waals surface area (Å²) in [4.78, 5) is 66.1. The smallest absolute Gasteiger partial charge is 0.306 e. The monoisotopic (exact) mass is 571 g/mol. The quantitative estimate of drug-likeness (QED) is 0.194. The van der Waals surface area contributed by atoms with Gasteiger partial charge in [0.1, 0.15) is 5.60 Å². The van der Waals surface area contributed by atoms with E-state index < -0.39 is 5.91 Å². The van der Waals surface area contributed by atoms with Gasteiger partial charge in [0.15, 0.2) is 0 Å². The lowest BCUT2D eigenvalue weighted by Gasteiger charge is -2.18. The molecule has 0 aliphatic heterocycles. The van der Waals surface area contributed by atoms with Crippen molar-refractivity contribution in [2.75, 3.05) is 26.7 Å². The van der Waals surface area contributed by atoms with E-state index >= 15 is 0 Å². The van der Waals surface area contributed by atoms with Gasteiger partial charge in [0.25, 0.3) is 0 Å². The summed E-state index contributed by atoms with van der Waals surface area (Å²) in [7, 11) is 1.69. The molecule has 0 spiro atoms. The van der Waals surface area contributed by atoms with Gasteiger partial charge in [0, 0.05) is 44.9 Å². The van der Waals surface area contributed by atoms with Crippen LogP contribution in [0.15, 0.2) is 24.5 Å². The number of rotatable bonds is 9. The SMILES string of the molecule is CC(CC(N)=O)NC(=O)CN.CCC(=O)OC(C)(C)C.CCN(C)C(=O)CNC=O.Cc1cccnc1.NC=O. The van der Waals surface area contributed by atoms with E-state index in [1.807, 2.05) is 52.9 Å². The van der Waals surface area contributed by atoms with Crippen LogP contribution in [-0.2, 0) is 33.5 Å². The minimum absolute atomic E-state index is 0.0664. The number of ether oxygens (including phenoxy) is 1. The van der Waals surface area contributed by atoms with Crippen LogP contribution in [0.1, 0.15) is 59.9 Å². The van der Waals surface area contributed by atoms with Gasteiger partial charge in [-0.1, -0.05) is 13.0 Å². The first-order valence-corrected chi connectivity index (χ1v) is 12.5. The number of primary amides is 2. The largest absolute Gasteiger partial charge is 0.460 e. The summed E-state index contributed by atoms with van der Waals surface area (Å²) in [6.07, 6.45) is 4.97. The first-order valence-electron chi connectivity index (χ1n) is 12.5. The van der Waals surface area contributed by atoms with Crippen molar-refractivity contribution < 1.29 is 33.5 Å². The van der Waals surface area contributed by atoms with Crippen LogP contribution in [0.3, 0.4) is 0 Å². The van der Waals surface area contributed by atoms with Gasteiger partial charge in [0.05, 0.1) is 13.1 Å². The minimum atomic E-state index is -0.435. The molecule has 0 fully saturated rings. The van der Waals surface area contributed by atoms with Crippen LogP contribution < -0.4 is 27.8 Å². The molecular weight excluding hydrogens is 522 g/mol. The fraction of sp³-hybridized carbons (Fsp3) is 0.577. The molecule has 14 nitrogen and oxygen atoms in total. The van der Waals surface area contributed by atoms with E-state index in [2.05, 4.69) is 21.4 Å². The molecule has 1 atom stereocenters. The van der Waals surface area contributed by atoms with Gasteiger partial charge in [-0.3, -0.25) is 33.8 Å². The molecule has 5 amide bonds. The third kappa shape index (κ3) is 38.5. The van der Waals surface area contributed by atoms with Crippen LogP contribution in [-0.4, -0.2) is 84.7 Å². The highest BCUT2D eigenvalue weighted by Gasteiger charge is 2.13. The molecule has 1 heterocycles. The van der Waals surface area contributed by atoms with E-state index in [-0.39, 0.29) is 55.3 Å². The van der Waals surface area contributed by atoms with Gasteiger partial charge < -0.3 is 37.5 Å². The molecular formula is C26H49N7O7. The van der Waals surface area contributed by atoms with Crippen molar-refractivity contribution >= 4 is 36.5 Å². The molecule has 8 N–H and O–H groups in total. The lowest BCUT2D eigenvalue weighted by molar-refractivity contribution is -0.154. The summed E-state index contributed by atoms with van der Waals surface area (Å²) >= 11 is 0. The summed E-state index contributed by atoms with van der Waals surface area (Å²) in [6, 6.07) is 3.71. The van der Waals surface area contributed by atoms with Crippen LogP contribution >= 0.6 is 0 Å². The third-order valence-corrected chi connectivity index (χ3v) is 3.85. The summed E-state index contributed by atoms with van der Waals surface area (Å²) in [5.41, 5.74) is 15.0. The van der Waals surface area contributed by atoms with E-state index in [4.69, 9.17) is 21.0 Å². The Balaban J connectivity index is -0.000000210. The van der Waals surface area contributed by atoms with E-state index in [0.29, 0.717) is 19.4 Å². The average Bonchev–Trinajstić information content (AvgIpc) is 2.87. The van der Waals surface area contributed by atoms with Gasteiger partial charge in [-0.2, -0.15) is 0 Å². The number of aromatic nitrogens is 1. The number of nitrogens with two attached hydrogens (primary N) is 3. The molecule has 230 valence electrons. The predicted molar refractivity (Wildman–Crippen MR) is 153 cm³/mol. The molecule has 0 saturated heterocycles. The number of amides is 5. The average molecular weight is 572 g/mol. The molecule has 0 aromatic carbocycles.